The number of hydrogen-bond acceptors (Lipinski definition) is 4. The molecule has 1 heterocycles. The number of halogens is 1. The molecular weight excluding hydrogens is 297 g/mol. The van der Waals surface area contributed by atoms with Crippen LogP contribution >= 0.6 is 0 Å². The Bertz CT molecular complexity index is 669. The fourth-order valence-corrected chi connectivity index (χ4v) is 1.85. The normalized spacial score (nSPS) is 11.0. The maximum atomic E-state index is 13.8. The Hall–Kier alpha value is -2.63. The van der Waals surface area contributed by atoms with Gasteiger partial charge in [0, 0.05) is 24.6 Å². The lowest BCUT2D eigenvalue weighted by molar-refractivity contribution is 0.0635. The van der Waals surface area contributed by atoms with Crippen LogP contribution in [0, 0.1) is 5.82 Å². The first kappa shape index (κ1) is 16.7. The number of carbonyl (C=O) groups excluding carboxylic acids is 1. The van der Waals surface area contributed by atoms with Gasteiger partial charge in [0.25, 0.3) is 0 Å². The molecule has 0 saturated carbocycles. The first-order valence-electron chi connectivity index (χ1n) is 7.26. The molecule has 0 aliphatic rings. The summed E-state index contributed by atoms with van der Waals surface area (Å²) in [5.41, 5.74) is 1.16. The van der Waals surface area contributed by atoms with Gasteiger partial charge in [0.05, 0.1) is 5.69 Å². The van der Waals surface area contributed by atoms with Gasteiger partial charge in [0.15, 0.2) is 0 Å². The average Bonchev–Trinajstić information content (AvgIpc) is 2.47. The zero-order valence-corrected chi connectivity index (χ0v) is 13.4. The SMILES string of the molecule is CC(C)(C)OC(=O)Nc1cc(NCc2ccncc2)ccc1F. The van der Waals surface area contributed by atoms with Gasteiger partial charge in [0.2, 0.25) is 0 Å². The number of pyridine rings is 1. The topological polar surface area (TPSA) is 63.2 Å². The molecule has 2 N–H and O–H groups in total. The van der Waals surface area contributed by atoms with Crippen molar-refractivity contribution in [3.63, 3.8) is 0 Å². The number of nitrogens with zero attached hydrogens (tertiary/aromatic N) is 1. The molecule has 0 fully saturated rings. The van der Waals surface area contributed by atoms with Crippen molar-refractivity contribution in [2.24, 2.45) is 0 Å². The minimum atomic E-state index is -0.692. The monoisotopic (exact) mass is 317 g/mol. The van der Waals surface area contributed by atoms with Gasteiger partial charge in [-0.05, 0) is 56.7 Å². The van der Waals surface area contributed by atoms with E-state index in [-0.39, 0.29) is 5.69 Å². The van der Waals surface area contributed by atoms with Crippen molar-refractivity contribution in [1.82, 2.24) is 4.98 Å². The molecule has 1 aromatic heterocycles. The van der Waals surface area contributed by atoms with Gasteiger partial charge in [-0.15, -0.1) is 0 Å². The van der Waals surface area contributed by atoms with Gasteiger partial charge in [-0.2, -0.15) is 0 Å². The predicted molar refractivity (Wildman–Crippen MR) is 87.8 cm³/mol. The highest BCUT2D eigenvalue weighted by Gasteiger charge is 2.17. The van der Waals surface area contributed by atoms with E-state index in [1.165, 1.54) is 12.1 Å². The summed E-state index contributed by atoms with van der Waals surface area (Å²) in [5.74, 6) is -0.523. The average molecular weight is 317 g/mol. The van der Waals surface area contributed by atoms with E-state index in [9.17, 15) is 9.18 Å². The number of nitrogens with one attached hydrogen (secondary N) is 2. The fourth-order valence-electron chi connectivity index (χ4n) is 1.85. The van der Waals surface area contributed by atoms with Crippen LogP contribution in [0.5, 0.6) is 0 Å². The number of hydrogen-bond donors (Lipinski definition) is 2. The van der Waals surface area contributed by atoms with Crippen LogP contribution in [-0.2, 0) is 11.3 Å². The Morgan fingerprint density at radius 1 is 1.22 bits per heavy atom. The van der Waals surface area contributed by atoms with E-state index in [0.717, 1.165) is 5.56 Å². The van der Waals surface area contributed by atoms with Crippen molar-refractivity contribution in [3.8, 4) is 0 Å². The summed E-state index contributed by atoms with van der Waals surface area (Å²) in [6, 6.07) is 8.20. The molecule has 1 amide bonds. The summed E-state index contributed by atoms with van der Waals surface area (Å²) >= 11 is 0. The van der Waals surface area contributed by atoms with Crippen molar-refractivity contribution in [3.05, 3.63) is 54.1 Å². The van der Waals surface area contributed by atoms with E-state index in [0.29, 0.717) is 12.2 Å². The van der Waals surface area contributed by atoms with Crippen molar-refractivity contribution in [1.29, 1.82) is 0 Å². The third-order valence-corrected chi connectivity index (χ3v) is 2.85. The molecule has 2 aromatic rings. The Labute approximate surface area is 134 Å². The van der Waals surface area contributed by atoms with Crippen LogP contribution in [0.25, 0.3) is 0 Å². The van der Waals surface area contributed by atoms with Gasteiger partial charge in [0.1, 0.15) is 11.4 Å². The lowest BCUT2D eigenvalue weighted by atomic mass is 10.2. The molecule has 0 radical (unpaired) electrons. The quantitative estimate of drug-likeness (QED) is 0.888. The van der Waals surface area contributed by atoms with Crippen molar-refractivity contribution >= 4 is 17.5 Å². The Morgan fingerprint density at radius 3 is 2.57 bits per heavy atom. The van der Waals surface area contributed by atoms with E-state index in [1.54, 1.807) is 39.2 Å². The summed E-state index contributed by atoms with van der Waals surface area (Å²) in [7, 11) is 0. The molecule has 0 spiro atoms. The number of ether oxygens (including phenoxy) is 1. The van der Waals surface area contributed by atoms with Crippen LogP contribution < -0.4 is 10.6 Å². The van der Waals surface area contributed by atoms with E-state index in [4.69, 9.17) is 4.74 Å². The van der Waals surface area contributed by atoms with Crippen molar-refractivity contribution in [2.45, 2.75) is 32.9 Å². The molecule has 122 valence electrons. The fraction of sp³-hybridized carbons (Fsp3) is 0.294. The molecule has 0 bridgehead atoms. The zero-order valence-electron chi connectivity index (χ0n) is 13.4. The smallest absolute Gasteiger partial charge is 0.412 e. The van der Waals surface area contributed by atoms with E-state index < -0.39 is 17.5 Å². The number of anilines is 2. The molecule has 5 nitrogen and oxygen atoms in total. The van der Waals surface area contributed by atoms with Gasteiger partial charge >= 0.3 is 6.09 Å². The van der Waals surface area contributed by atoms with Crippen LogP contribution in [-0.4, -0.2) is 16.7 Å². The molecule has 23 heavy (non-hydrogen) atoms. The second-order valence-corrected chi connectivity index (χ2v) is 6.03. The molecule has 0 aliphatic carbocycles. The molecule has 0 unspecified atom stereocenters. The van der Waals surface area contributed by atoms with Crippen LogP contribution in [0.4, 0.5) is 20.6 Å². The van der Waals surface area contributed by atoms with E-state index in [2.05, 4.69) is 15.6 Å². The minimum absolute atomic E-state index is 0.0685. The zero-order chi connectivity index (χ0) is 16.9. The molecule has 0 aliphatic heterocycles. The molecule has 1 aromatic carbocycles. The summed E-state index contributed by atoms with van der Waals surface area (Å²) in [6.45, 7) is 5.81. The van der Waals surface area contributed by atoms with Crippen LogP contribution in [0.2, 0.25) is 0 Å². The summed E-state index contributed by atoms with van der Waals surface area (Å²) in [6.07, 6.45) is 2.72. The predicted octanol–water partition coefficient (Wildman–Crippen LogP) is 4.18. The number of amides is 1. The molecule has 0 saturated heterocycles. The number of rotatable bonds is 4. The van der Waals surface area contributed by atoms with E-state index >= 15 is 0 Å². The van der Waals surface area contributed by atoms with Gasteiger partial charge in [-0.3, -0.25) is 10.3 Å². The van der Waals surface area contributed by atoms with Gasteiger partial charge < -0.3 is 10.1 Å². The summed E-state index contributed by atoms with van der Waals surface area (Å²) in [5, 5.41) is 5.58. The first-order valence-corrected chi connectivity index (χ1v) is 7.26. The summed E-state index contributed by atoms with van der Waals surface area (Å²) < 4.78 is 18.9. The molecule has 0 atom stereocenters. The standard InChI is InChI=1S/C17H20FN3O2/c1-17(2,3)23-16(22)21-15-10-13(4-5-14(15)18)20-11-12-6-8-19-9-7-12/h4-10,20H,11H2,1-3H3,(H,21,22). The molecule has 2 rings (SSSR count). The summed E-state index contributed by atoms with van der Waals surface area (Å²) in [4.78, 5) is 15.7. The van der Waals surface area contributed by atoms with E-state index in [1.807, 2.05) is 12.1 Å². The van der Waals surface area contributed by atoms with Crippen LogP contribution in [0.15, 0.2) is 42.7 Å². The number of benzene rings is 1. The highest BCUT2D eigenvalue weighted by Crippen LogP contribution is 2.21. The van der Waals surface area contributed by atoms with Crippen LogP contribution in [0.1, 0.15) is 26.3 Å². The molecular formula is C17H20FN3O2. The lowest BCUT2D eigenvalue weighted by Gasteiger charge is -2.20. The third kappa shape index (κ3) is 5.58. The first-order chi connectivity index (χ1) is 10.8. The van der Waals surface area contributed by atoms with Gasteiger partial charge in [-0.1, -0.05) is 0 Å². The molecule has 6 heteroatoms. The largest absolute Gasteiger partial charge is 0.444 e. The highest BCUT2D eigenvalue weighted by molar-refractivity contribution is 5.85. The second-order valence-electron chi connectivity index (χ2n) is 6.03. The third-order valence-electron chi connectivity index (χ3n) is 2.85. The van der Waals surface area contributed by atoms with Crippen LogP contribution in [0.3, 0.4) is 0 Å². The maximum absolute atomic E-state index is 13.8. The number of carbonyl (C=O) groups is 1. The Kier molecular flexibility index (Phi) is 5.16. The van der Waals surface area contributed by atoms with Crippen molar-refractivity contribution < 1.29 is 13.9 Å². The highest BCUT2D eigenvalue weighted by atomic mass is 19.1. The second kappa shape index (κ2) is 7.09. The number of aromatic nitrogens is 1. The van der Waals surface area contributed by atoms with Crippen molar-refractivity contribution in [2.75, 3.05) is 10.6 Å². The maximum Gasteiger partial charge on any atom is 0.412 e. The Morgan fingerprint density at radius 2 is 1.91 bits per heavy atom. The minimum Gasteiger partial charge on any atom is -0.444 e. The Balaban J connectivity index is 2.02. The van der Waals surface area contributed by atoms with Gasteiger partial charge in [-0.25, -0.2) is 9.18 Å². The lowest BCUT2D eigenvalue weighted by Crippen LogP contribution is -2.27.